The molecular weight excluding hydrogens is 304 g/mol. The molecule has 1 N–H and O–H groups in total. The molecule has 1 unspecified atom stereocenters. The average Bonchev–Trinajstić information content (AvgIpc) is 2.61. The van der Waals surface area contributed by atoms with Crippen LogP contribution in [0.1, 0.15) is 35.2 Å². The maximum absolute atomic E-state index is 12.6. The largest absolute Gasteiger partial charge is 0.478 e. The Balaban J connectivity index is 2.15. The fourth-order valence-electron chi connectivity index (χ4n) is 2.49. The first-order chi connectivity index (χ1) is 11.6. The number of anilines is 1. The zero-order chi connectivity index (χ0) is 17.5. The number of aromatic carboxylic acids is 1. The number of hydrogen-bond donors (Lipinski definition) is 1. The highest BCUT2D eigenvalue weighted by molar-refractivity contribution is 5.94. The van der Waals surface area contributed by atoms with Crippen LogP contribution < -0.4 is 4.90 Å². The van der Waals surface area contributed by atoms with Crippen molar-refractivity contribution >= 4 is 17.6 Å². The van der Waals surface area contributed by atoms with Crippen molar-refractivity contribution in [3.63, 3.8) is 0 Å². The molecule has 5 nitrogen and oxygen atoms in total. The molecule has 0 saturated carbocycles. The lowest BCUT2D eigenvalue weighted by molar-refractivity contribution is -0.118. The van der Waals surface area contributed by atoms with E-state index in [-0.39, 0.29) is 17.9 Å². The Kier molecular flexibility index (Phi) is 5.69. The molecule has 0 aliphatic carbocycles. The van der Waals surface area contributed by atoms with Crippen molar-refractivity contribution in [2.75, 3.05) is 11.4 Å². The lowest BCUT2D eigenvalue weighted by Gasteiger charge is -2.22. The molecule has 0 radical (unpaired) electrons. The first-order valence-electron chi connectivity index (χ1n) is 7.65. The van der Waals surface area contributed by atoms with Gasteiger partial charge in [0, 0.05) is 18.7 Å². The van der Waals surface area contributed by atoms with E-state index in [9.17, 15) is 14.9 Å². The van der Waals surface area contributed by atoms with Crippen molar-refractivity contribution in [3.8, 4) is 6.07 Å². The summed E-state index contributed by atoms with van der Waals surface area (Å²) in [4.78, 5) is 25.1. The van der Waals surface area contributed by atoms with E-state index in [1.165, 1.54) is 12.1 Å². The molecule has 0 saturated heterocycles. The standard InChI is InChI=1S/C19H18N2O3/c1-2-21(17-6-4-3-5-7-17)18(22)12-16(13-20)14-8-10-15(11-9-14)19(23)24/h3-11,16H,2,12H2,1H3,(H,23,24). The summed E-state index contributed by atoms with van der Waals surface area (Å²) < 4.78 is 0. The lowest BCUT2D eigenvalue weighted by atomic mass is 9.95. The van der Waals surface area contributed by atoms with Gasteiger partial charge in [-0.05, 0) is 36.8 Å². The van der Waals surface area contributed by atoms with Crippen LogP contribution in [0.2, 0.25) is 0 Å². The van der Waals surface area contributed by atoms with Crippen LogP contribution in [0.5, 0.6) is 0 Å². The number of carbonyl (C=O) groups excluding carboxylic acids is 1. The average molecular weight is 322 g/mol. The third-order valence-corrected chi connectivity index (χ3v) is 3.78. The molecule has 0 spiro atoms. The van der Waals surface area contributed by atoms with Crippen LogP contribution in [0.4, 0.5) is 5.69 Å². The highest BCUT2D eigenvalue weighted by Gasteiger charge is 2.21. The SMILES string of the molecule is CCN(C(=O)CC(C#N)c1ccc(C(=O)O)cc1)c1ccccc1. The summed E-state index contributed by atoms with van der Waals surface area (Å²) >= 11 is 0. The minimum Gasteiger partial charge on any atom is -0.478 e. The van der Waals surface area contributed by atoms with Gasteiger partial charge < -0.3 is 10.0 Å². The highest BCUT2D eigenvalue weighted by atomic mass is 16.4. The van der Waals surface area contributed by atoms with Crippen LogP contribution in [0.25, 0.3) is 0 Å². The molecule has 0 aliphatic rings. The molecule has 2 rings (SSSR count). The lowest BCUT2D eigenvalue weighted by Crippen LogP contribution is -2.31. The van der Waals surface area contributed by atoms with E-state index in [0.717, 1.165) is 5.69 Å². The second kappa shape index (κ2) is 7.93. The fraction of sp³-hybridized carbons (Fsp3) is 0.211. The van der Waals surface area contributed by atoms with Gasteiger partial charge >= 0.3 is 5.97 Å². The van der Waals surface area contributed by atoms with Gasteiger partial charge in [-0.25, -0.2) is 4.79 Å². The molecule has 0 bridgehead atoms. The smallest absolute Gasteiger partial charge is 0.335 e. The summed E-state index contributed by atoms with van der Waals surface area (Å²) in [5.41, 5.74) is 1.59. The van der Waals surface area contributed by atoms with Crippen molar-refractivity contribution in [1.82, 2.24) is 0 Å². The van der Waals surface area contributed by atoms with Crippen molar-refractivity contribution in [1.29, 1.82) is 5.26 Å². The van der Waals surface area contributed by atoms with E-state index in [1.807, 2.05) is 37.3 Å². The van der Waals surface area contributed by atoms with E-state index >= 15 is 0 Å². The van der Waals surface area contributed by atoms with Crippen molar-refractivity contribution < 1.29 is 14.7 Å². The quantitative estimate of drug-likeness (QED) is 0.883. The monoisotopic (exact) mass is 322 g/mol. The van der Waals surface area contributed by atoms with Gasteiger partial charge in [-0.3, -0.25) is 4.79 Å². The third-order valence-electron chi connectivity index (χ3n) is 3.78. The van der Waals surface area contributed by atoms with Crippen LogP contribution >= 0.6 is 0 Å². The van der Waals surface area contributed by atoms with E-state index in [1.54, 1.807) is 17.0 Å². The second-order valence-corrected chi connectivity index (χ2v) is 5.29. The van der Waals surface area contributed by atoms with Crippen molar-refractivity contribution in [2.24, 2.45) is 0 Å². The fourth-order valence-corrected chi connectivity index (χ4v) is 2.49. The predicted octanol–water partition coefficient (Wildman–Crippen LogP) is 3.44. The molecule has 122 valence electrons. The Morgan fingerprint density at radius 1 is 1.12 bits per heavy atom. The molecule has 0 aromatic heterocycles. The topological polar surface area (TPSA) is 81.4 Å². The Bertz CT molecular complexity index is 748. The molecule has 0 fully saturated rings. The molecule has 2 aromatic rings. The molecule has 2 aromatic carbocycles. The van der Waals surface area contributed by atoms with Crippen LogP contribution in [-0.2, 0) is 4.79 Å². The van der Waals surface area contributed by atoms with Crippen LogP contribution in [0.3, 0.4) is 0 Å². The number of carboxylic acids is 1. The van der Waals surface area contributed by atoms with Crippen molar-refractivity contribution in [2.45, 2.75) is 19.3 Å². The summed E-state index contributed by atoms with van der Waals surface area (Å²) in [7, 11) is 0. The number of nitrogens with zero attached hydrogens (tertiary/aromatic N) is 2. The van der Waals surface area contributed by atoms with Gasteiger partial charge in [-0.1, -0.05) is 30.3 Å². The number of nitriles is 1. The number of carboxylic acid groups (broad SMARTS) is 1. The van der Waals surface area contributed by atoms with Gasteiger partial charge in [0.1, 0.15) is 0 Å². The number of amides is 1. The van der Waals surface area contributed by atoms with Gasteiger partial charge in [0.2, 0.25) is 5.91 Å². The summed E-state index contributed by atoms with van der Waals surface area (Å²) in [5, 5.41) is 18.3. The molecule has 1 amide bonds. The maximum atomic E-state index is 12.6. The van der Waals surface area contributed by atoms with E-state index in [2.05, 4.69) is 6.07 Å². The first kappa shape index (κ1) is 17.2. The number of hydrogen-bond acceptors (Lipinski definition) is 3. The number of para-hydroxylation sites is 1. The van der Waals surface area contributed by atoms with Crippen LogP contribution in [0.15, 0.2) is 54.6 Å². The second-order valence-electron chi connectivity index (χ2n) is 5.29. The normalized spacial score (nSPS) is 11.3. The van der Waals surface area contributed by atoms with Gasteiger partial charge in [0.25, 0.3) is 0 Å². The zero-order valence-electron chi connectivity index (χ0n) is 13.3. The van der Waals surface area contributed by atoms with Gasteiger partial charge in [-0.2, -0.15) is 5.26 Å². The molecule has 0 heterocycles. The summed E-state index contributed by atoms with van der Waals surface area (Å²) in [6, 6.07) is 17.5. The van der Waals surface area contributed by atoms with Crippen LogP contribution in [0, 0.1) is 11.3 Å². The Labute approximate surface area is 140 Å². The summed E-state index contributed by atoms with van der Waals surface area (Å²) in [5.74, 6) is -1.77. The minimum atomic E-state index is -1.02. The maximum Gasteiger partial charge on any atom is 0.335 e. The van der Waals surface area contributed by atoms with Crippen LogP contribution in [-0.4, -0.2) is 23.5 Å². The summed E-state index contributed by atoms with van der Waals surface area (Å²) in [6.45, 7) is 2.40. The number of benzene rings is 2. The zero-order valence-corrected chi connectivity index (χ0v) is 13.3. The van der Waals surface area contributed by atoms with Crippen molar-refractivity contribution in [3.05, 3.63) is 65.7 Å². The molecule has 1 atom stereocenters. The third kappa shape index (κ3) is 3.99. The number of rotatable bonds is 6. The first-order valence-corrected chi connectivity index (χ1v) is 7.65. The van der Waals surface area contributed by atoms with E-state index < -0.39 is 11.9 Å². The highest BCUT2D eigenvalue weighted by Crippen LogP contribution is 2.23. The molecule has 0 aliphatic heterocycles. The van der Waals surface area contributed by atoms with E-state index in [0.29, 0.717) is 12.1 Å². The minimum absolute atomic E-state index is 0.0473. The Morgan fingerprint density at radius 2 is 1.75 bits per heavy atom. The molecular formula is C19H18N2O3. The molecule has 24 heavy (non-hydrogen) atoms. The number of carbonyl (C=O) groups is 2. The Hall–Kier alpha value is -3.13. The predicted molar refractivity (Wildman–Crippen MR) is 90.8 cm³/mol. The van der Waals surface area contributed by atoms with E-state index in [4.69, 9.17) is 5.11 Å². The summed E-state index contributed by atoms with van der Waals surface area (Å²) in [6.07, 6.45) is 0.0473. The van der Waals surface area contributed by atoms with Gasteiger partial charge in [0.05, 0.1) is 17.6 Å². The van der Waals surface area contributed by atoms with Gasteiger partial charge in [-0.15, -0.1) is 0 Å². The van der Waals surface area contributed by atoms with Gasteiger partial charge in [0.15, 0.2) is 0 Å². The Morgan fingerprint density at radius 3 is 2.25 bits per heavy atom. The molecule has 5 heteroatoms.